The fourth-order valence-corrected chi connectivity index (χ4v) is 1.87. The van der Waals surface area contributed by atoms with Gasteiger partial charge in [-0.2, -0.15) is 5.10 Å². The van der Waals surface area contributed by atoms with Gasteiger partial charge in [-0.15, -0.1) is 10.2 Å². The highest BCUT2D eigenvalue weighted by Gasteiger charge is 2.17. The third kappa shape index (κ3) is 1.65. The minimum Gasteiger partial charge on any atom is -0.318 e. The molecule has 3 aromatic rings. The van der Waals surface area contributed by atoms with E-state index >= 15 is 0 Å². The Morgan fingerprint density at radius 1 is 1.33 bits per heavy atom. The van der Waals surface area contributed by atoms with E-state index in [-0.39, 0.29) is 6.04 Å². The zero-order valence-corrected chi connectivity index (χ0v) is 10.1. The highest BCUT2D eigenvalue weighted by molar-refractivity contribution is 5.39. The van der Waals surface area contributed by atoms with E-state index in [4.69, 9.17) is 5.73 Å². The first-order valence-electron chi connectivity index (χ1n) is 5.56. The van der Waals surface area contributed by atoms with Crippen molar-refractivity contribution < 1.29 is 0 Å². The van der Waals surface area contributed by atoms with Crippen LogP contribution < -0.4 is 5.73 Å². The summed E-state index contributed by atoms with van der Waals surface area (Å²) in [4.78, 5) is 4.23. The van der Waals surface area contributed by atoms with Gasteiger partial charge in [0.15, 0.2) is 11.5 Å². The first-order chi connectivity index (χ1) is 8.65. The summed E-state index contributed by atoms with van der Waals surface area (Å²) in [6.45, 7) is 1.91. The van der Waals surface area contributed by atoms with Crippen molar-refractivity contribution in [1.29, 1.82) is 0 Å². The van der Waals surface area contributed by atoms with Gasteiger partial charge < -0.3 is 5.73 Å². The largest absolute Gasteiger partial charge is 0.318 e. The van der Waals surface area contributed by atoms with Crippen molar-refractivity contribution in [2.24, 2.45) is 12.8 Å². The molecule has 0 fully saturated rings. The Kier molecular flexibility index (Phi) is 2.34. The van der Waals surface area contributed by atoms with Gasteiger partial charge >= 0.3 is 0 Å². The molecule has 3 rings (SSSR count). The van der Waals surface area contributed by atoms with Gasteiger partial charge in [0.2, 0.25) is 0 Å². The molecule has 0 saturated carbocycles. The van der Waals surface area contributed by atoms with Crippen LogP contribution in [-0.2, 0) is 7.05 Å². The lowest BCUT2D eigenvalue weighted by molar-refractivity contribution is 0.749. The lowest BCUT2D eigenvalue weighted by Gasteiger charge is -2.06. The number of aromatic nitrogens is 6. The van der Waals surface area contributed by atoms with E-state index in [1.807, 2.05) is 26.2 Å². The molecule has 0 aliphatic carbocycles. The monoisotopic (exact) mass is 243 g/mol. The smallest absolute Gasteiger partial charge is 0.163 e. The highest BCUT2D eigenvalue weighted by atomic mass is 15.3. The second-order valence-corrected chi connectivity index (χ2v) is 4.24. The molecular formula is C11H13N7. The summed E-state index contributed by atoms with van der Waals surface area (Å²) >= 11 is 0. The number of fused-ring (bicyclic) bond motifs is 1. The van der Waals surface area contributed by atoms with Crippen molar-refractivity contribution in [3.05, 3.63) is 41.9 Å². The van der Waals surface area contributed by atoms with Crippen molar-refractivity contribution in [2.75, 3.05) is 0 Å². The molecule has 1 atom stereocenters. The lowest BCUT2D eigenvalue weighted by Crippen LogP contribution is -2.15. The maximum atomic E-state index is 6.17. The van der Waals surface area contributed by atoms with Crippen LogP contribution in [0.15, 0.2) is 24.8 Å². The van der Waals surface area contributed by atoms with Crippen LogP contribution in [0.3, 0.4) is 0 Å². The molecule has 1 unspecified atom stereocenters. The molecule has 0 amide bonds. The summed E-state index contributed by atoms with van der Waals surface area (Å²) in [5.41, 5.74) is 8.72. The minimum absolute atomic E-state index is 0.363. The van der Waals surface area contributed by atoms with Gasteiger partial charge in [0.25, 0.3) is 0 Å². The van der Waals surface area contributed by atoms with E-state index in [2.05, 4.69) is 20.3 Å². The van der Waals surface area contributed by atoms with E-state index in [1.54, 1.807) is 21.6 Å². The molecule has 0 aliphatic heterocycles. The van der Waals surface area contributed by atoms with Crippen molar-refractivity contribution in [3.63, 3.8) is 0 Å². The third-order valence-electron chi connectivity index (χ3n) is 2.83. The Hall–Kier alpha value is -2.28. The Morgan fingerprint density at radius 2 is 2.17 bits per heavy atom. The number of hydrogen-bond donors (Lipinski definition) is 1. The predicted molar refractivity (Wildman–Crippen MR) is 64.8 cm³/mol. The van der Waals surface area contributed by atoms with Crippen LogP contribution in [-0.4, -0.2) is 29.4 Å². The normalized spacial score (nSPS) is 13.1. The molecule has 18 heavy (non-hydrogen) atoms. The molecule has 7 heteroatoms. The number of nitrogens with zero attached hydrogens (tertiary/aromatic N) is 6. The van der Waals surface area contributed by atoms with E-state index < -0.39 is 0 Å². The van der Waals surface area contributed by atoms with Gasteiger partial charge in [0, 0.05) is 30.6 Å². The molecule has 0 bridgehead atoms. The van der Waals surface area contributed by atoms with E-state index in [1.165, 1.54) is 0 Å². The number of rotatable bonds is 2. The number of hydrogen-bond acceptors (Lipinski definition) is 5. The third-order valence-corrected chi connectivity index (χ3v) is 2.83. The maximum Gasteiger partial charge on any atom is 0.163 e. The molecule has 0 aromatic carbocycles. The maximum absolute atomic E-state index is 6.17. The number of aryl methyl sites for hydroxylation is 2. The van der Waals surface area contributed by atoms with Crippen LogP contribution in [0.2, 0.25) is 0 Å². The van der Waals surface area contributed by atoms with Crippen LogP contribution in [0.1, 0.15) is 23.1 Å². The Morgan fingerprint density at radius 3 is 2.89 bits per heavy atom. The van der Waals surface area contributed by atoms with Gasteiger partial charge in [0.1, 0.15) is 6.33 Å². The molecule has 3 aromatic heterocycles. The van der Waals surface area contributed by atoms with E-state index in [0.29, 0.717) is 5.82 Å². The standard InChI is InChI=1S/C11H13N7/c1-7-3-9-15-16-11(18(9)6-13-7)10(12)8-4-14-17(2)5-8/h3-6,10H,12H2,1-2H3. The average molecular weight is 243 g/mol. The molecule has 0 aliphatic rings. The first kappa shape index (κ1) is 10.8. The fourth-order valence-electron chi connectivity index (χ4n) is 1.87. The SMILES string of the molecule is Cc1cc2nnc(C(N)c3cnn(C)c3)n2cn1. The van der Waals surface area contributed by atoms with Crippen LogP contribution in [0.5, 0.6) is 0 Å². The second-order valence-electron chi connectivity index (χ2n) is 4.24. The molecular weight excluding hydrogens is 230 g/mol. The summed E-state index contributed by atoms with van der Waals surface area (Å²) in [5, 5.41) is 12.3. The summed E-state index contributed by atoms with van der Waals surface area (Å²) in [7, 11) is 1.85. The Balaban J connectivity index is 2.09. The quantitative estimate of drug-likeness (QED) is 0.695. The molecule has 0 spiro atoms. The van der Waals surface area contributed by atoms with E-state index in [0.717, 1.165) is 16.9 Å². The van der Waals surface area contributed by atoms with Crippen molar-refractivity contribution in [2.45, 2.75) is 13.0 Å². The summed E-state index contributed by atoms with van der Waals surface area (Å²) in [5.74, 6) is 0.658. The predicted octanol–water partition coefficient (Wildman–Crippen LogP) is 0.214. The van der Waals surface area contributed by atoms with Gasteiger partial charge in [-0.25, -0.2) is 4.98 Å². The molecule has 2 N–H and O–H groups in total. The molecule has 7 nitrogen and oxygen atoms in total. The van der Waals surface area contributed by atoms with Crippen LogP contribution in [0.4, 0.5) is 0 Å². The van der Waals surface area contributed by atoms with E-state index in [9.17, 15) is 0 Å². The first-order valence-corrected chi connectivity index (χ1v) is 5.56. The van der Waals surface area contributed by atoms with Crippen molar-refractivity contribution in [3.8, 4) is 0 Å². The van der Waals surface area contributed by atoms with Gasteiger partial charge in [-0.05, 0) is 6.92 Å². The fraction of sp³-hybridized carbons (Fsp3) is 0.273. The van der Waals surface area contributed by atoms with Gasteiger partial charge in [-0.1, -0.05) is 0 Å². The van der Waals surface area contributed by atoms with Crippen molar-refractivity contribution in [1.82, 2.24) is 29.4 Å². The summed E-state index contributed by atoms with van der Waals surface area (Å²) < 4.78 is 3.51. The lowest BCUT2D eigenvalue weighted by atomic mass is 10.1. The molecule has 3 heterocycles. The topological polar surface area (TPSA) is 86.9 Å². The molecule has 92 valence electrons. The summed E-state index contributed by atoms with van der Waals surface area (Å²) in [6, 6.07) is 1.50. The van der Waals surface area contributed by atoms with Crippen LogP contribution >= 0.6 is 0 Å². The highest BCUT2D eigenvalue weighted by Crippen LogP contribution is 2.17. The summed E-state index contributed by atoms with van der Waals surface area (Å²) in [6.07, 6.45) is 5.29. The van der Waals surface area contributed by atoms with Crippen molar-refractivity contribution >= 4 is 5.65 Å². The molecule has 0 radical (unpaired) electrons. The zero-order valence-electron chi connectivity index (χ0n) is 10.1. The molecule has 0 saturated heterocycles. The minimum atomic E-state index is -0.363. The Bertz CT molecular complexity index is 696. The van der Waals surface area contributed by atoms with Gasteiger partial charge in [-0.3, -0.25) is 9.08 Å². The Labute approximate surface area is 103 Å². The number of nitrogens with two attached hydrogens (primary N) is 1. The second kappa shape index (κ2) is 3.88. The zero-order chi connectivity index (χ0) is 12.7. The van der Waals surface area contributed by atoms with Crippen LogP contribution in [0, 0.1) is 6.92 Å². The van der Waals surface area contributed by atoms with Gasteiger partial charge in [0.05, 0.1) is 12.2 Å². The average Bonchev–Trinajstić information content (AvgIpc) is 2.94. The van der Waals surface area contributed by atoms with Crippen LogP contribution in [0.25, 0.3) is 5.65 Å².